The third-order valence-corrected chi connectivity index (χ3v) is 7.64. The molecule has 10 heteroatoms. The topological polar surface area (TPSA) is 98.2 Å². The zero-order chi connectivity index (χ0) is 22.1. The van der Waals surface area contributed by atoms with Crippen molar-refractivity contribution in [2.75, 3.05) is 26.3 Å². The second kappa shape index (κ2) is 8.51. The van der Waals surface area contributed by atoms with Gasteiger partial charge in [0.25, 0.3) is 0 Å². The summed E-state index contributed by atoms with van der Waals surface area (Å²) in [4.78, 5) is 17.0. The molecule has 0 N–H and O–H groups in total. The summed E-state index contributed by atoms with van der Waals surface area (Å²) in [6, 6.07) is 11.0. The maximum absolute atomic E-state index is 13.2. The number of fused-ring (bicyclic) bond motifs is 1. The molecule has 0 amide bonds. The van der Waals surface area contributed by atoms with E-state index in [2.05, 4.69) is 19.9 Å². The number of halogens is 1. The highest BCUT2D eigenvalue weighted by Crippen LogP contribution is 2.32. The van der Waals surface area contributed by atoms with Crippen LogP contribution in [0.15, 0.2) is 66.2 Å². The summed E-state index contributed by atoms with van der Waals surface area (Å²) >= 11 is 6.21. The van der Waals surface area contributed by atoms with Crippen LogP contribution in [0, 0.1) is 0 Å². The summed E-state index contributed by atoms with van der Waals surface area (Å²) in [5, 5.41) is 0.783. The largest absolute Gasteiger partial charge is 0.379 e. The summed E-state index contributed by atoms with van der Waals surface area (Å²) < 4.78 is 33.0. The molecule has 0 bridgehead atoms. The van der Waals surface area contributed by atoms with Crippen molar-refractivity contribution in [3.8, 4) is 22.4 Å². The normalized spacial score (nSPS) is 15.2. The Hall–Kier alpha value is -2.98. The fraction of sp³-hybridized carbons (Fsp3) is 0.182. The smallest absolute Gasteiger partial charge is 0.246 e. The van der Waals surface area contributed by atoms with Gasteiger partial charge in [0.2, 0.25) is 10.0 Å². The molecular weight excluding hydrogens is 450 g/mol. The van der Waals surface area contributed by atoms with E-state index in [0.29, 0.717) is 18.8 Å². The highest BCUT2D eigenvalue weighted by atomic mass is 35.5. The van der Waals surface area contributed by atoms with Gasteiger partial charge in [-0.25, -0.2) is 23.4 Å². The third kappa shape index (κ3) is 3.84. The van der Waals surface area contributed by atoms with Crippen LogP contribution in [-0.2, 0) is 14.8 Å². The molecular formula is C22H18ClN5O3S. The number of aromatic nitrogens is 4. The maximum atomic E-state index is 13.2. The van der Waals surface area contributed by atoms with Crippen LogP contribution < -0.4 is 0 Å². The minimum Gasteiger partial charge on any atom is -0.379 e. The van der Waals surface area contributed by atoms with Gasteiger partial charge < -0.3 is 4.74 Å². The van der Waals surface area contributed by atoms with Crippen LogP contribution in [0.1, 0.15) is 0 Å². The van der Waals surface area contributed by atoms with E-state index in [4.69, 9.17) is 16.3 Å². The molecule has 0 atom stereocenters. The lowest BCUT2D eigenvalue weighted by Gasteiger charge is -2.26. The van der Waals surface area contributed by atoms with Gasteiger partial charge in [0.1, 0.15) is 16.4 Å². The van der Waals surface area contributed by atoms with Crippen LogP contribution in [0.3, 0.4) is 0 Å². The van der Waals surface area contributed by atoms with E-state index >= 15 is 0 Å². The van der Waals surface area contributed by atoms with E-state index in [1.165, 1.54) is 10.6 Å². The van der Waals surface area contributed by atoms with E-state index in [9.17, 15) is 8.42 Å². The molecule has 8 nitrogen and oxygen atoms in total. The molecule has 0 saturated carbocycles. The molecule has 1 aromatic carbocycles. The fourth-order valence-electron chi connectivity index (χ4n) is 3.67. The molecule has 4 heterocycles. The van der Waals surface area contributed by atoms with Gasteiger partial charge >= 0.3 is 0 Å². The zero-order valence-corrected chi connectivity index (χ0v) is 18.4. The number of hydrogen-bond acceptors (Lipinski definition) is 7. The quantitative estimate of drug-likeness (QED) is 0.424. The predicted molar refractivity (Wildman–Crippen MR) is 121 cm³/mol. The third-order valence-electron chi connectivity index (χ3n) is 5.32. The monoisotopic (exact) mass is 467 g/mol. The summed E-state index contributed by atoms with van der Waals surface area (Å²) in [6.07, 6.45) is 6.50. The minimum atomic E-state index is -3.79. The van der Waals surface area contributed by atoms with Crippen LogP contribution >= 0.6 is 11.6 Å². The van der Waals surface area contributed by atoms with Gasteiger partial charge in [0, 0.05) is 48.2 Å². The highest BCUT2D eigenvalue weighted by Gasteiger charge is 2.29. The second-order valence-electron chi connectivity index (χ2n) is 7.22. The zero-order valence-electron chi connectivity index (χ0n) is 16.8. The molecule has 1 fully saturated rings. The predicted octanol–water partition coefficient (Wildman–Crippen LogP) is 3.43. The molecule has 1 saturated heterocycles. The van der Waals surface area contributed by atoms with E-state index in [0.717, 1.165) is 27.7 Å². The summed E-state index contributed by atoms with van der Waals surface area (Å²) in [7, 11) is -3.79. The van der Waals surface area contributed by atoms with Crippen molar-refractivity contribution in [1.29, 1.82) is 0 Å². The Kier molecular flexibility index (Phi) is 5.56. The standard InChI is InChI=1S/C22H18ClN5O3S/c23-22-20(32(29,30)28-7-9-31-10-8-28)12-17(13-25-22)16-1-2-19-18(11-16)21(27-14-26-19)15-3-5-24-6-4-15/h1-6,11-14H,7-10H2. The maximum Gasteiger partial charge on any atom is 0.246 e. The number of hydrogen-bond donors (Lipinski definition) is 0. The molecule has 1 aliphatic heterocycles. The van der Waals surface area contributed by atoms with Gasteiger partial charge in [-0.1, -0.05) is 17.7 Å². The summed E-state index contributed by atoms with van der Waals surface area (Å²) in [5.41, 5.74) is 3.87. The number of pyridine rings is 2. The van der Waals surface area contributed by atoms with Crippen molar-refractivity contribution < 1.29 is 13.2 Å². The number of ether oxygens (including phenoxy) is 1. The van der Waals surface area contributed by atoms with Gasteiger partial charge in [-0.15, -0.1) is 0 Å². The van der Waals surface area contributed by atoms with Crippen molar-refractivity contribution in [2.45, 2.75) is 4.90 Å². The van der Waals surface area contributed by atoms with Crippen molar-refractivity contribution >= 4 is 32.5 Å². The molecule has 162 valence electrons. The first-order valence-electron chi connectivity index (χ1n) is 9.93. The Morgan fingerprint density at radius 2 is 1.69 bits per heavy atom. The Morgan fingerprint density at radius 3 is 2.47 bits per heavy atom. The fourth-order valence-corrected chi connectivity index (χ4v) is 5.51. The summed E-state index contributed by atoms with van der Waals surface area (Å²) in [6.45, 7) is 1.27. The van der Waals surface area contributed by atoms with Crippen LogP contribution in [0.2, 0.25) is 5.15 Å². The molecule has 5 rings (SSSR count). The SMILES string of the molecule is O=S(=O)(c1cc(-c2ccc3ncnc(-c4ccncc4)c3c2)cnc1Cl)N1CCOCC1. The van der Waals surface area contributed by atoms with Crippen molar-refractivity contribution in [2.24, 2.45) is 0 Å². The van der Waals surface area contributed by atoms with Crippen LogP contribution in [0.4, 0.5) is 0 Å². The molecule has 0 radical (unpaired) electrons. The first kappa shape index (κ1) is 20.9. The van der Waals surface area contributed by atoms with Crippen LogP contribution in [-0.4, -0.2) is 59.0 Å². The summed E-state index contributed by atoms with van der Waals surface area (Å²) in [5.74, 6) is 0. The molecule has 0 aliphatic carbocycles. The van der Waals surface area contributed by atoms with E-state index < -0.39 is 10.0 Å². The van der Waals surface area contributed by atoms with Crippen molar-refractivity contribution in [3.05, 3.63) is 66.5 Å². The van der Waals surface area contributed by atoms with Gasteiger partial charge in [-0.3, -0.25) is 4.98 Å². The first-order valence-corrected chi connectivity index (χ1v) is 11.7. The van der Waals surface area contributed by atoms with Gasteiger partial charge in [0.05, 0.1) is 24.4 Å². The number of nitrogens with zero attached hydrogens (tertiary/aromatic N) is 5. The van der Waals surface area contributed by atoms with E-state index in [1.54, 1.807) is 24.7 Å². The van der Waals surface area contributed by atoms with E-state index in [1.807, 2.05) is 30.3 Å². The number of morpholine rings is 1. The Bertz CT molecular complexity index is 1390. The lowest BCUT2D eigenvalue weighted by atomic mass is 10.0. The first-order chi connectivity index (χ1) is 15.5. The molecule has 1 aliphatic rings. The molecule has 0 unspecified atom stereocenters. The lowest BCUT2D eigenvalue weighted by molar-refractivity contribution is 0.0730. The van der Waals surface area contributed by atoms with Crippen molar-refractivity contribution in [1.82, 2.24) is 24.2 Å². The molecule has 0 spiro atoms. The minimum absolute atomic E-state index is 0.0164. The van der Waals surface area contributed by atoms with Crippen LogP contribution in [0.25, 0.3) is 33.3 Å². The molecule has 3 aromatic heterocycles. The highest BCUT2D eigenvalue weighted by molar-refractivity contribution is 7.89. The second-order valence-corrected chi connectivity index (χ2v) is 9.48. The number of rotatable bonds is 4. The van der Waals surface area contributed by atoms with Gasteiger partial charge in [-0.2, -0.15) is 4.31 Å². The Labute approximate surface area is 189 Å². The molecule has 4 aromatic rings. The molecule has 32 heavy (non-hydrogen) atoms. The lowest BCUT2D eigenvalue weighted by Crippen LogP contribution is -2.40. The van der Waals surface area contributed by atoms with Crippen LogP contribution in [0.5, 0.6) is 0 Å². The van der Waals surface area contributed by atoms with Gasteiger partial charge in [-0.05, 0) is 35.9 Å². The Morgan fingerprint density at radius 1 is 0.906 bits per heavy atom. The van der Waals surface area contributed by atoms with E-state index in [-0.39, 0.29) is 23.1 Å². The van der Waals surface area contributed by atoms with Gasteiger partial charge in [0.15, 0.2) is 0 Å². The van der Waals surface area contributed by atoms with Crippen molar-refractivity contribution in [3.63, 3.8) is 0 Å². The number of benzene rings is 1. The average Bonchev–Trinajstić information content (AvgIpc) is 2.84. The Balaban J connectivity index is 1.61. The number of sulfonamides is 1. The average molecular weight is 468 g/mol.